The molecule has 4 unspecified atom stereocenters. The molecule has 0 spiro atoms. The van der Waals surface area contributed by atoms with Crippen LogP contribution in [0, 0.1) is 17.3 Å². The van der Waals surface area contributed by atoms with E-state index in [1.807, 2.05) is 0 Å². The summed E-state index contributed by atoms with van der Waals surface area (Å²) in [6, 6.07) is 0.722. The minimum absolute atomic E-state index is 0.296. The van der Waals surface area contributed by atoms with Gasteiger partial charge in [0.05, 0.1) is 0 Å². The van der Waals surface area contributed by atoms with Gasteiger partial charge in [-0.3, -0.25) is 4.90 Å². The highest BCUT2D eigenvalue weighted by atomic mass is 15.3. The van der Waals surface area contributed by atoms with Crippen LogP contribution in [0.15, 0.2) is 0 Å². The van der Waals surface area contributed by atoms with Gasteiger partial charge in [-0.2, -0.15) is 0 Å². The van der Waals surface area contributed by atoms with Crippen LogP contribution in [0.1, 0.15) is 73.1 Å². The van der Waals surface area contributed by atoms with Gasteiger partial charge >= 0.3 is 0 Å². The lowest BCUT2D eigenvalue weighted by Gasteiger charge is -2.44. The molecule has 0 aromatic rings. The highest BCUT2D eigenvalue weighted by Crippen LogP contribution is 2.43. The highest BCUT2D eigenvalue weighted by Gasteiger charge is 2.44. The van der Waals surface area contributed by atoms with E-state index in [2.05, 4.69) is 39.5 Å². The minimum Gasteiger partial charge on any atom is -0.329 e. The van der Waals surface area contributed by atoms with Crippen molar-refractivity contribution in [2.24, 2.45) is 23.0 Å². The average molecular weight is 281 g/mol. The van der Waals surface area contributed by atoms with Crippen molar-refractivity contribution in [3.05, 3.63) is 0 Å². The standard InChI is InChI=1S/C18H36N2/c1-14-11-15(2)20(12-14)18(13-19)9-6-7-16(8-10-18)17(3,4)5/h14-16H,6-13,19H2,1-5H3. The van der Waals surface area contributed by atoms with E-state index in [4.69, 9.17) is 5.73 Å². The van der Waals surface area contributed by atoms with Crippen LogP contribution in [0.25, 0.3) is 0 Å². The molecule has 1 aliphatic heterocycles. The zero-order valence-electron chi connectivity index (χ0n) is 14.4. The normalized spacial score (nSPS) is 40.8. The molecule has 2 aliphatic rings. The second-order valence-electron chi connectivity index (χ2n) is 8.76. The Kier molecular flexibility index (Phi) is 4.86. The summed E-state index contributed by atoms with van der Waals surface area (Å²) in [4.78, 5) is 2.78. The van der Waals surface area contributed by atoms with Crippen molar-refractivity contribution in [2.45, 2.75) is 84.7 Å². The van der Waals surface area contributed by atoms with E-state index in [0.29, 0.717) is 11.0 Å². The fourth-order valence-electron chi connectivity index (χ4n) is 4.83. The molecule has 20 heavy (non-hydrogen) atoms. The van der Waals surface area contributed by atoms with Gasteiger partial charge in [-0.15, -0.1) is 0 Å². The second kappa shape index (κ2) is 5.96. The largest absolute Gasteiger partial charge is 0.329 e. The van der Waals surface area contributed by atoms with E-state index in [1.165, 1.54) is 45.1 Å². The van der Waals surface area contributed by atoms with Gasteiger partial charge in [0.2, 0.25) is 0 Å². The fraction of sp³-hybridized carbons (Fsp3) is 1.00. The van der Waals surface area contributed by atoms with E-state index in [9.17, 15) is 0 Å². The molecule has 0 radical (unpaired) electrons. The smallest absolute Gasteiger partial charge is 0.0334 e. The fourth-order valence-corrected chi connectivity index (χ4v) is 4.83. The maximum absolute atomic E-state index is 6.31. The predicted molar refractivity (Wildman–Crippen MR) is 87.8 cm³/mol. The molecule has 1 aliphatic carbocycles. The first-order chi connectivity index (χ1) is 9.28. The third-order valence-electron chi connectivity index (χ3n) is 6.15. The summed E-state index contributed by atoms with van der Waals surface area (Å²) in [5, 5.41) is 0. The first-order valence-corrected chi connectivity index (χ1v) is 8.75. The average Bonchev–Trinajstić information content (AvgIpc) is 2.60. The highest BCUT2D eigenvalue weighted by molar-refractivity contribution is 5.00. The molecular formula is C18H36N2. The topological polar surface area (TPSA) is 29.3 Å². The number of hydrogen-bond donors (Lipinski definition) is 1. The van der Waals surface area contributed by atoms with E-state index >= 15 is 0 Å². The molecule has 4 atom stereocenters. The Morgan fingerprint density at radius 1 is 1.15 bits per heavy atom. The van der Waals surface area contributed by atoms with Gasteiger partial charge in [0.15, 0.2) is 0 Å². The summed E-state index contributed by atoms with van der Waals surface area (Å²) in [5.41, 5.74) is 7.06. The lowest BCUT2D eigenvalue weighted by atomic mass is 9.76. The molecule has 0 aromatic heterocycles. The molecule has 2 heteroatoms. The van der Waals surface area contributed by atoms with Gasteiger partial charge in [-0.1, -0.05) is 34.1 Å². The minimum atomic E-state index is 0.296. The van der Waals surface area contributed by atoms with Crippen LogP contribution in [0.4, 0.5) is 0 Å². The summed E-state index contributed by atoms with van der Waals surface area (Å²) in [5.74, 6) is 1.71. The molecular weight excluding hydrogens is 244 g/mol. The molecule has 0 amide bonds. The molecule has 118 valence electrons. The Bertz CT molecular complexity index is 320. The third kappa shape index (κ3) is 3.22. The summed E-state index contributed by atoms with van der Waals surface area (Å²) in [7, 11) is 0. The number of hydrogen-bond acceptors (Lipinski definition) is 2. The predicted octanol–water partition coefficient (Wildman–Crippen LogP) is 4.04. The summed E-state index contributed by atoms with van der Waals surface area (Å²) < 4.78 is 0. The van der Waals surface area contributed by atoms with Gasteiger partial charge in [0.1, 0.15) is 0 Å². The maximum atomic E-state index is 6.31. The van der Waals surface area contributed by atoms with E-state index in [1.54, 1.807) is 0 Å². The van der Waals surface area contributed by atoms with Crippen LogP contribution in [-0.4, -0.2) is 29.6 Å². The Morgan fingerprint density at radius 2 is 1.85 bits per heavy atom. The van der Waals surface area contributed by atoms with Crippen molar-refractivity contribution >= 4 is 0 Å². The molecule has 2 fully saturated rings. The summed E-state index contributed by atoms with van der Waals surface area (Å²) >= 11 is 0. The zero-order valence-corrected chi connectivity index (χ0v) is 14.4. The molecule has 0 aromatic carbocycles. The van der Waals surface area contributed by atoms with Crippen molar-refractivity contribution in [3.63, 3.8) is 0 Å². The zero-order chi connectivity index (χ0) is 15.0. The Morgan fingerprint density at radius 3 is 2.35 bits per heavy atom. The van der Waals surface area contributed by atoms with Crippen molar-refractivity contribution in [3.8, 4) is 0 Å². The molecule has 1 heterocycles. The second-order valence-corrected chi connectivity index (χ2v) is 8.76. The van der Waals surface area contributed by atoms with Crippen molar-refractivity contribution in [2.75, 3.05) is 13.1 Å². The van der Waals surface area contributed by atoms with Crippen LogP contribution in [0.2, 0.25) is 0 Å². The van der Waals surface area contributed by atoms with Crippen LogP contribution >= 0.6 is 0 Å². The number of rotatable bonds is 2. The Labute approximate surface area is 126 Å². The maximum Gasteiger partial charge on any atom is 0.0334 e. The van der Waals surface area contributed by atoms with Crippen LogP contribution in [0.3, 0.4) is 0 Å². The number of likely N-dealkylation sites (tertiary alicyclic amines) is 1. The summed E-state index contributed by atoms with van der Waals surface area (Å²) in [6.45, 7) is 14.1. The van der Waals surface area contributed by atoms with Crippen molar-refractivity contribution in [1.29, 1.82) is 0 Å². The quantitative estimate of drug-likeness (QED) is 0.774. The van der Waals surface area contributed by atoms with Gasteiger partial charge < -0.3 is 5.73 Å². The van der Waals surface area contributed by atoms with Gasteiger partial charge in [0.25, 0.3) is 0 Å². The SMILES string of the molecule is CC1CC(C)N(C2(CN)CCCC(C(C)(C)C)CC2)C1. The Balaban J connectivity index is 2.12. The van der Waals surface area contributed by atoms with E-state index in [0.717, 1.165) is 24.4 Å². The molecule has 2 rings (SSSR count). The van der Waals surface area contributed by atoms with Gasteiger partial charge in [-0.25, -0.2) is 0 Å². The van der Waals surface area contributed by atoms with E-state index in [-0.39, 0.29) is 0 Å². The Hall–Kier alpha value is -0.0800. The van der Waals surface area contributed by atoms with Crippen LogP contribution in [0.5, 0.6) is 0 Å². The molecule has 1 saturated heterocycles. The monoisotopic (exact) mass is 280 g/mol. The first kappa shape index (κ1) is 16.3. The van der Waals surface area contributed by atoms with Crippen LogP contribution < -0.4 is 5.73 Å². The number of nitrogens with zero attached hydrogens (tertiary/aromatic N) is 1. The lowest BCUT2D eigenvalue weighted by Crippen LogP contribution is -2.55. The van der Waals surface area contributed by atoms with Crippen molar-refractivity contribution in [1.82, 2.24) is 4.90 Å². The first-order valence-electron chi connectivity index (χ1n) is 8.75. The van der Waals surface area contributed by atoms with E-state index < -0.39 is 0 Å². The summed E-state index contributed by atoms with van der Waals surface area (Å²) in [6.07, 6.45) is 8.08. The third-order valence-corrected chi connectivity index (χ3v) is 6.15. The molecule has 2 N–H and O–H groups in total. The molecule has 0 bridgehead atoms. The molecule has 1 saturated carbocycles. The van der Waals surface area contributed by atoms with Gasteiger partial charge in [-0.05, 0) is 56.3 Å². The molecule has 2 nitrogen and oxygen atoms in total. The van der Waals surface area contributed by atoms with Crippen molar-refractivity contribution < 1.29 is 0 Å². The van der Waals surface area contributed by atoms with Crippen LogP contribution in [-0.2, 0) is 0 Å². The number of nitrogens with two attached hydrogens (primary N) is 1. The lowest BCUT2D eigenvalue weighted by molar-refractivity contribution is 0.0663. The van der Waals surface area contributed by atoms with Gasteiger partial charge in [0, 0.05) is 24.7 Å².